The second kappa shape index (κ2) is 7.52. The van der Waals surface area contributed by atoms with Crippen LogP contribution in [0.5, 0.6) is 0 Å². The van der Waals surface area contributed by atoms with E-state index in [1.165, 1.54) is 17.4 Å². The van der Waals surface area contributed by atoms with E-state index in [-0.39, 0.29) is 24.2 Å². The minimum Gasteiger partial charge on any atom is -0.462 e. The van der Waals surface area contributed by atoms with Crippen LogP contribution in [0.2, 0.25) is 0 Å². The number of aromatic nitrogens is 1. The maximum absolute atomic E-state index is 15.2. The quantitative estimate of drug-likeness (QED) is 0.609. The Morgan fingerprint density at radius 2 is 2.07 bits per heavy atom. The van der Waals surface area contributed by atoms with Gasteiger partial charge in [-0.05, 0) is 25.8 Å². The van der Waals surface area contributed by atoms with E-state index in [4.69, 9.17) is 9.47 Å². The first-order chi connectivity index (χ1) is 13.6. The van der Waals surface area contributed by atoms with Crippen LogP contribution in [0.25, 0.3) is 15.7 Å². The summed E-state index contributed by atoms with van der Waals surface area (Å²) in [4.78, 5) is 28.1. The molecule has 2 aromatic heterocycles. The molecule has 0 spiro atoms. The molecule has 0 bridgehead atoms. The molecule has 0 radical (unpaired) electrons. The van der Waals surface area contributed by atoms with Crippen LogP contribution in [0.1, 0.15) is 35.7 Å². The zero-order chi connectivity index (χ0) is 19.8. The molecule has 0 saturated carbocycles. The third-order valence-corrected chi connectivity index (χ3v) is 5.93. The predicted octanol–water partition coefficient (Wildman–Crippen LogP) is 3.58. The number of halogens is 1. The number of ether oxygens (including phenoxy) is 2. The highest BCUT2D eigenvalue weighted by Gasteiger charge is 2.27. The maximum atomic E-state index is 15.2. The van der Waals surface area contributed by atoms with E-state index in [2.05, 4.69) is 0 Å². The van der Waals surface area contributed by atoms with Crippen molar-refractivity contribution in [3.8, 4) is 0 Å². The molecule has 3 heterocycles. The zero-order valence-corrected chi connectivity index (χ0v) is 16.6. The Bertz CT molecular complexity index is 1120. The lowest BCUT2D eigenvalue weighted by atomic mass is 10.0. The number of rotatable bonds is 5. The number of hydrogen-bond donors (Lipinski definition) is 0. The van der Waals surface area contributed by atoms with Gasteiger partial charge in [-0.15, -0.1) is 11.3 Å². The standard InChI is InChI=1S/C20H21FN2O4S/c1-3-27-20(25)15-18(24)12-10-14(21)17(22-6-4-5-7-22)13(11-26-2)16(12)23-8-9-28-19(15)23/h8-10H,3-7,11H2,1-2H3. The molecular weight excluding hydrogens is 383 g/mol. The summed E-state index contributed by atoms with van der Waals surface area (Å²) in [6, 6.07) is 1.25. The van der Waals surface area contributed by atoms with Crippen molar-refractivity contribution in [1.29, 1.82) is 0 Å². The number of hydrogen-bond acceptors (Lipinski definition) is 6. The Labute approximate surface area is 165 Å². The van der Waals surface area contributed by atoms with Crippen LogP contribution < -0.4 is 10.3 Å². The summed E-state index contributed by atoms with van der Waals surface area (Å²) >= 11 is 1.28. The number of fused-ring (bicyclic) bond motifs is 3. The van der Waals surface area contributed by atoms with Crippen molar-refractivity contribution in [2.24, 2.45) is 0 Å². The maximum Gasteiger partial charge on any atom is 0.345 e. The molecule has 0 unspecified atom stereocenters. The minimum absolute atomic E-state index is 0.0546. The number of pyridine rings is 1. The lowest BCUT2D eigenvalue weighted by Crippen LogP contribution is -2.24. The van der Waals surface area contributed by atoms with E-state index in [1.54, 1.807) is 30.0 Å². The van der Waals surface area contributed by atoms with Gasteiger partial charge in [-0.3, -0.25) is 4.79 Å². The van der Waals surface area contributed by atoms with Gasteiger partial charge in [0.1, 0.15) is 16.2 Å². The summed E-state index contributed by atoms with van der Waals surface area (Å²) in [5, 5.41) is 1.96. The molecular formula is C20H21FN2O4S. The average molecular weight is 404 g/mol. The molecule has 148 valence electrons. The van der Waals surface area contributed by atoms with Crippen LogP contribution in [0.4, 0.5) is 10.1 Å². The Morgan fingerprint density at radius 3 is 2.75 bits per heavy atom. The van der Waals surface area contributed by atoms with Crippen molar-refractivity contribution in [1.82, 2.24) is 4.40 Å². The molecule has 28 heavy (non-hydrogen) atoms. The van der Waals surface area contributed by atoms with Crippen molar-refractivity contribution in [3.05, 3.63) is 44.8 Å². The van der Waals surface area contributed by atoms with Crippen LogP contribution in [0, 0.1) is 5.82 Å². The van der Waals surface area contributed by atoms with Gasteiger partial charge in [0.2, 0.25) is 5.43 Å². The first-order valence-corrected chi connectivity index (χ1v) is 10.1. The van der Waals surface area contributed by atoms with E-state index in [9.17, 15) is 9.59 Å². The Morgan fingerprint density at radius 1 is 1.32 bits per heavy atom. The highest BCUT2D eigenvalue weighted by molar-refractivity contribution is 7.16. The number of carbonyl (C=O) groups is 1. The number of nitrogens with zero attached hydrogens (tertiary/aromatic N) is 2. The van der Waals surface area contributed by atoms with Crippen molar-refractivity contribution in [3.63, 3.8) is 0 Å². The first kappa shape index (κ1) is 18.9. The summed E-state index contributed by atoms with van der Waals surface area (Å²) in [7, 11) is 1.55. The molecule has 3 aromatic rings. The summed E-state index contributed by atoms with van der Waals surface area (Å²) in [5.41, 5.74) is 1.12. The van der Waals surface area contributed by atoms with Gasteiger partial charge in [-0.25, -0.2) is 9.18 Å². The number of methoxy groups -OCH3 is 1. The number of thiazole rings is 1. The monoisotopic (exact) mass is 404 g/mol. The van der Waals surface area contributed by atoms with Gasteiger partial charge in [0, 0.05) is 37.3 Å². The molecule has 1 aliphatic heterocycles. The van der Waals surface area contributed by atoms with Crippen molar-refractivity contribution in [2.75, 3.05) is 31.7 Å². The lowest BCUT2D eigenvalue weighted by molar-refractivity contribution is 0.0527. The first-order valence-electron chi connectivity index (χ1n) is 9.26. The Kier molecular flexibility index (Phi) is 5.07. The van der Waals surface area contributed by atoms with E-state index < -0.39 is 17.2 Å². The highest BCUT2D eigenvalue weighted by atomic mass is 32.1. The molecule has 0 amide bonds. The SMILES string of the molecule is CCOC(=O)c1c(=O)c2cc(F)c(N3CCCC3)c(COC)c2n2ccsc12. The van der Waals surface area contributed by atoms with Crippen molar-refractivity contribution < 1.29 is 18.7 Å². The molecule has 6 nitrogen and oxygen atoms in total. The Balaban J connectivity index is 2.12. The second-order valence-electron chi connectivity index (χ2n) is 6.71. The van der Waals surface area contributed by atoms with Crippen LogP contribution in [0.3, 0.4) is 0 Å². The van der Waals surface area contributed by atoms with Gasteiger partial charge >= 0.3 is 5.97 Å². The molecule has 4 rings (SSSR count). The van der Waals surface area contributed by atoms with Crippen molar-refractivity contribution >= 4 is 38.7 Å². The summed E-state index contributed by atoms with van der Waals surface area (Å²) in [6.45, 7) is 3.53. The number of carbonyl (C=O) groups excluding carboxylic acids is 1. The number of benzene rings is 1. The van der Waals surface area contributed by atoms with E-state index in [1.807, 2.05) is 4.90 Å². The van der Waals surface area contributed by atoms with E-state index in [0.29, 0.717) is 21.6 Å². The van der Waals surface area contributed by atoms with Gasteiger partial charge < -0.3 is 18.8 Å². The molecule has 1 fully saturated rings. The largest absolute Gasteiger partial charge is 0.462 e. The van der Waals surface area contributed by atoms with Gasteiger partial charge in [-0.2, -0.15) is 0 Å². The molecule has 8 heteroatoms. The molecule has 0 atom stereocenters. The van der Waals surface area contributed by atoms with Gasteiger partial charge in [0.15, 0.2) is 0 Å². The van der Waals surface area contributed by atoms with Gasteiger partial charge in [0.25, 0.3) is 0 Å². The van der Waals surface area contributed by atoms with E-state index in [0.717, 1.165) is 25.9 Å². The lowest BCUT2D eigenvalue weighted by Gasteiger charge is -2.24. The molecule has 1 saturated heterocycles. The number of esters is 1. The fourth-order valence-electron chi connectivity index (χ4n) is 3.94. The van der Waals surface area contributed by atoms with Crippen LogP contribution in [0.15, 0.2) is 22.4 Å². The topological polar surface area (TPSA) is 60.2 Å². The van der Waals surface area contributed by atoms with Crippen LogP contribution >= 0.6 is 11.3 Å². The molecule has 0 aliphatic carbocycles. The van der Waals surface area contributed by atoms with Gasteiger partial charge in [0.05, 0.1) is 29.8 Å². The summed E-state index contributed by atoms with van der Waals surface area (Å²) < 4.78 is 27.4. The minimum atomic E-state index is -0.688. The highest BCUT2D eigenvalue weighted by Crippen LogP contribution is 2.35. The fraction of sp³-hybridized carbons (Fsp3) is 0.400. The zero-order valence-electron chi connectivity index (χ0n) is 15.8. The van der Waals surface area contributed by atoms with Gasteiger partial charge in [-0.1, -0.05) is 0 Å². The molecule has 1 aromatic carbocycles. The second-order valence-corrected chi connectivity index (χ2v) is 7.61. The van der Waals surface area contributed by atoms with E-state index >= 15 is 4.39 Å². The van der Waals surface area contributed by atoms with Crippen LogP contribution in [-0.4, -0.2) is 37.2 Å². The Hall–Kier alpha value is -2.45. The van der Waals surface area contributed by atoms with Crippen LogP contribution in [-0.2, 0) is 16.1 Å². The summed E-state index contributed by atoms with van der Waals surface area (Å²) in [6.07, 6.45) is 3.79. The predicted molar refractivity (Wildman–Crippen MR) is 107 cm³/mol. The average Bonchev–Trinajstić information content (AvgIpc) is 3.34. The summed E-state index contributed by atoms with van der Waals surface area (Å²) in [5.74, 6) is -1.16. The van der Waals surface area contributed by atoms with Crippen molar-refractivity contribution in [2.45, 2.75) is 26.4 Å². The molecule has 1 aliphatic rings. The fourth-order valence-corrected chi connectivity index (χ4v) is 4.82. The third kappa shape index (κ3) is 2.87. The smallest absolute Gasteiger partial charge is 0.345 e. The molecule has 0 N–H and O–H groups in total. The number of anilines is 1. The third-order valence-electron chi connectivity index (χ3n) is 5.05. The normalized spacial score (nSPS) is 14.3.